The van der Waals surface area contributed by atoms with Crippen molar-refractivity contribution < 1.29 is 17.6 Å². The highest BCUT2D eigenvalue weighted by molar-refractivity contribution is 5.35. The van der Waals surface area contributed by atoms with Gasteiger partial charge in [-0.1, -0.05) is 18.2 Å². The van der Waals surface area contributed by atoms with E-state index < -0.39 is 23.3 Å². The van der Waals surface area contributed by atoms with Crippen molar-refractivity contribution in [2.75, 3.05) is 13.6 Å². The van der Waals surface area contributed by atoms with Gasteiger partial charge >= 0.3 is 6.18 Å². The Morgan fingerprint density at radius 3 is 2.50 bits per heavy atom. The highest BCUT2D eigenvalue weighted by Crippen LogP contribution is 2.46. The van der Waals surface area contributed by atoms with Crippen LogP contribution in [0.3, 0.4) is 0 Å². The standard InChI is InChI=1S/C13H15F4N/c1-18-8-12(6-11(14)7-12)9-3-2-4-10(5-9)13(15,16)17/h2-5,11,18H,6-8H2,1H3. The maximum Gasteiger partial charge on any atom is 0.416 e. The molecular formula is C13H15F4N. The summed E-state index contributed by atoms with van der Waals surface area (Å²) in [5, 5.41) is 2.94. The average Bonchev–Trinajstić information content (AvgIpc) is 2.26. The van der Waals surface area contributed by atoms with Gasteiger partial charge in [-0.3, -0.25) is 0 Å². The molecule has 1 saturated carbocycles. The van der Waals surface area contributed by atoms with Crippen LogP contribution < -0.4 is 5.32 Å². The molecule has 5 heteroatoms. The zero-order valence-electron chi connectivity index (χ0n) is 10.0. The van der Waals surface area contributed by atoms with E-state index in [-0.39, 0.29) is 12.8 Å². The topological polar surface area (TPSA) is 12.0 Å². The molecular weight excluding hydrogens is 246 g/mol. The van der Waals surface area contributed by atoms with Crippen LogP contribution in [-0.2, 0) is 11.6 Å². The molecule has 1 fully saturated rings. The Kier molecular flexibility index (Phi) is 3.36. The Morgan fingerprint density at radius 2 is 2.00 bits per heavy atom. The molecule has 0 heterocycles. The monoisotopic (exact) mass is 261 g/mol. The first-order chi connectivity index (χ1) is 8.37. The van der Waals surface area contributed by atoms with E-state index in [0.29, 0.717) is 12.1 Å². The second-order valence-electron chi connectivity index (χ2n) is 4.89. The molecule has 0 amide bonds. The van der Waals surface area contributed by atoms with Gasteiger partial charge in [0.05, 0.1) is 5.56 Å². The van der Waals surface area contributed by atoms with Gasteiger partial charge in [0.15, 0.2) is 0 Å². The lowest BCUT2D eigenvalue weighted by Crippen LogP contribution is -2.49. The van der Waals surface area contributed by atoms with Crippen LogP contribution >= 0.6 is 0 Å². The van der Waals surface area contributed by atoms with E-state index in [0.717, 1.165) is 12.1 Å². The Bertz CT molecular complexity index is 416. The van der Waals surface area contributed by atoms with Crippen molar-refractivity contribution in [3.8, 4) is 0 Å². The van der Waals surface area contributed by atoms with Gasteiger partial charge in [0, 0.05) is 12.0 Å². The molecule has 100 valence electrons. The lowest BCUT2D eigenvalue weighted by atomic mass is 9.63. The number of likely N-dealkylation sites (N-methyl/N-ethyl adjacent to an activating group) is 1. The van der Waals surface area contributed by atoms with Crippen LogP contribution in [0.15, 0.2) is 24.3 Å². The number of rotatable bonds is 3. The van der Waals surface area contributed by atoms with Crippen LogP contribution in [0.25, 0.3) is 0 Å². The van der Waals surface area contributed by atoms with Gasteiger partial charge in [0.25, 0.3) is 0 Å². The van der Waals surface area contributed by atoms with Crippen molar-refractivity contribution >= 4 is 0 Å². The molecule has 0 saturated heterocycles. The zero-order chi connectivity index (χ0) is 13.4. The van der Waals surface area contributed by atoms with Crippen molar-refractivity contribution in [1.29, 1.82) is 0 Å². The summed E-state index contributed by atoms with van der Waals surface area (Å²) in [6.07, 6.45) is -4.69. The highest BCUT2D eigenvalue weighted by Gasteiger charge is 2.46. The molecule has 1 aromatic carbocycles. The summed E-state index contributed by atoms with van der Waals surface area (Å²) in [4.78, 5) is 0. The van der Waals surface area contributed by atoms with E-state index in [4.69, 9.17) is 0 Å². The minimum atomic E-state index is -4.35. The number of nitrogens with one attached hydrogen (secondary N) is 1. The Balaban J connectivity index is 2.32. The first-order valence-electron chi connectivity index (χ1n) is 5.84. The van der Waals surface area contributed by atoms with E-state index in [2.05, 4.69) is 5.32 Å². The summed E-state index contributed by atoms with van der Waals surface area (Å²) in [5.74, 6) is 0. The fourth-order valence-corrected chi connectivity index (χ4v) is 2.63. The third kappa shape index (κ3) is 2.36. The van der Waals surface area contributed by atoms with Gasteiger partial charge < -0.3 is 5.32 Å². The fraction of sp³-hybridized carbons (Fsp3) is 0.538. The molecule has 0 bridgehead atoms. The maximum atomic E-state index is 13.1. The van der Waals surface area contributed by atoms with Crippen molar-refractivity contribution in [3.63, 3.8) is 0 Å². The molecule has 1 nitrogen and oxygen atoms in total. The van der Waals surface area contributed by atoms with E-state index >= 15 is 0 Å². The second kappa shape index (κ2) is 4.53. The number of halogens is 4. The lowest BCUT2D eigenvalue weighted by molar-refractivity contribution is -0.137. The molecule has 1 N–H and O–H groups in total. The third-order valence-electron chi connectivity index (χ3n) is 3.54. The predicted molar refractivity (Wildman–Crippen MR) is 61.2 cm³/mol. The Hall–Kier alpha value is -1.10. The quantitative estimate of drug-likeness (QED) is 0.823. The lowest BCUT2D eigenvalue weighted by Gasteiger charge is -2.45. The number of hydrogen-bond acceptors (Lipinski definition) is 1. The van der Waals surface area contributed by atoms with E-state index in [9.17, 15) is 17.6 Å². The molecule has 0 atom stereocenters. The SMILES string of the molecule is CNCC1(c2cccc(C(F)(F)F)c2)CC(F)C1. The normalized spacial score (nSPS) is 27.9. The van der Waals surface area contributed by atoms with Gasteiger partial charge in [-0.05, 0) is 31.5 Å². The van der Waals surface area contributed by atoms with Crippen LogP contribution in [0, 0.1) is 0 Å². The summed E-state index contributed by atoms with van der Waals surface area (Å²) >= 11 is 0. The molecule has 18 heavy (non-hydrogen) atoms. The minimum absolute atomic E-state index is 0.287. The molecule has 1 aliphatic carbocycles. The first-order valence-corrected chi connectivity index (χ1v) is 5.84. The number of alkyl halides is 4. The third-order valence-corrected chi connectivity index (χ3v) is 3.54. The molecule has 0 aromatic heterocycles. The molecule has 0 spiro atoms. The molecule has 0 radical (unpaired) electrons. The maximum absolute atomic E-state index is 13.1. The van der Waals surface area contributed by atoms with Gasteiger partial charge in [0.2, 0.25) is 0 Å². The fourth-order valence-electron chi connectivity index (χ4n) is 2.63. The molecule has 0 aliphatic heterocycles. The summed E-state index contributed by atoms with van der Waals surface area (Å²) < 4.78 is 51.1. The minimum Gasteiger partial charge on any atom is -0.319 e. The molecule has 2 rings (SSSR count). The van der Waals surface area contributed by atoms with Crippen LogP contribution in [0.4, 0.5) is 17.6 Å². The van der Waals surface area contributed by atoms with Crippen molar-refractivity contribution in [2.45, 2.75) is 30.6 Å². The molecule has 1 aromatic rings. The number of hydrogen-bond donors (Lipinski definition) is 1. The Morgan fingerprint density at radius 1 is 1.33 bits per heavy atom. The molecule has 1 aliphatic rings. The predicted octanol–water partition coefficient (Wildman–Crippen LogP) is 3.29. The largest absolute Gasteiger partial charge is 0.416 e. The van der Waals surface area contributed by atoms with Crippen LogP contribution in [0.5, 0.6) is 0 Å². The summed E-state index contributed by atoms with van der Waals surface area (Å²) in [7, 11) is 1.72. The van der Waals surface area contributed by atoms with E-state index in [1.807, 2.05) is 0 Å². The van der Waals surface area contributed by atoms with Crippen molar-refractivity contribution in [1.82, 2.24) is 5.32 Å². The van der Waals surface area contributed by atoms with Gasteiger partial charge in [-0.25, -0.2) is 4.39 Å². The van der Waals surface area contributed by atoms with E-state index in [1.165, 1.54) is 6.07 Å². The first kappa shape index (κ1) is 13.3. The smallest absolute Gasteiger partial charge is 0.319 e. The van der Waals surface area contributed by atoms with Crippen molar-refractivity contribution in [3.05, 3.63) is 35.4 Å². The van der Waals surface area contributed by atoms with Crippen LogP contribution in [-0.4, -0.2) is 19.8 Å². The summed E-state index contributed by atoms with van der Waals surface area (Å²) in [5.41, 5.74) is -0.589. The van der Waals surface area contributed by atoms with Crippen LogP contribution in [0.2, 0.25) is 0 Å². The average molecular weight is 261 g/mol. The molecule has 0 unspecified atom stereocenters. The van der Waals surface area contributed by atoms with E-state index in [1.54, 1.807) is 13.1 Å². The zero-order valence-corrected chi connectivity index (χ0v) is 10.0. The number of benzene rings is 1. The van der Waals surface area contributed by atoms with Crippen LogP contribution in [0.1, 0.15) is 24.0 Å². The van der Waals surface area contributed by atoms with Gasteiger partial charge in [-0.2, -0.15) is 13.2 Å². The highest BCUT2D eigenvalue weighted by atomic mass is 19.4. The van der Waals surface area contributed by atoms with Gasteiger partial charge in [-0.15, -0.1) is 0 Å². The van der Waals surface area contributed by atoms with Gasteiger partial charge in [0.1, 0.15) is 6.17 Å². The summed E-state index contributed by atoms with van der Waals surface area (Å²) in [6, 6.07) is 5.23. The van der Waals surface area contributed by atoms with Crippen molar-refractivity contribution in [2.24, 2.45) is 0 Å². The summed E-state index contributed by atoms with van der Waals surface area (Å²) in [6.45, 7) is 0.495. The second-order valence-corrected chi connectivity index (χ2v) is 4.89. The Labute approximate surface area is 103 Å².